The van der Waals surface area contributed by atoms with E-state index in [1.54, 1.807) is 24.3 Å². The van der Waals surface area contributed by atoms with Crippen LogP contribution in [0.2, 0.25) is 0 Å². The van der Waals surface area contributed by atoms with Gasteiger partial charge in [-0.25, -0.2) is 18.4 Å². The number of benzene rings is 1. The molecule has 0 saturated heterocycles. The fraction of sp³-hybridized carbons (Fsp3) is 0.167. The summed E-state index contributed by atoms with van der Waals surface area (Å²) in [6.07, 6.45) is 2.60. The number of hydrogen-bond donors (Lipinski definition) is 1. The Morgan fingerprint density at radius 1 is 1.16 bits per heavy atom. The van der Waals surface area contributed by atoms with E-state index in [1.165, 1.54) is 24.3 Å². The average Bonchev–Trinajstić information content (AvgIpc) is 2.35. The van der Waals surface area contributed by atoms with Crippen LogP contribution in [0.25, 0.3) is 0 Å². The highest BCUT2D eigenvalue weighted by atomic mass is 32.2. The standard InChI is InChI=1S/C12H13N3O2S2/c1-8-11(13)14-7-15-12(8)18-9-3-5-10(6-4-9)19(2,16)17/h3-7H,1-2H3,(H2,13,14,15). The molecule has 2 aromatic rings. The highest BCUT2D eigenvalue weighted by Crippen LogP contribution is 2.30. The SMILES string of the molecule is Cc1c(N)ncnc1Sc1ccc(S(C)(=O)=O)cc1. The Kier molecular flexibility index (Phi) is 3.77. The quantitative estimate of drug-likeness (QED) is 0.871. The molecule has 0 radical (unpaired) electrons. The molecule has 0 amide bonds. The van der Waals surface area contributed by atoms with Gasteiger partial charge in [0.25, 0.3) is 0 Å². The van der Waals surface area contributed by atoms with Crippen molar-refractivity contribution < 1.29 is 8.42 Å². The molecule has 5 nitrogen and oxygen atoms in total. The number of hydrogen-bond acceptors (Lipinski definition) is 6. The second kappa shape index (κ2) is 5.18. The number of rotatable bonds is 3. The first-order valence-corrected chi connectivity index (χ1v) is 8.14. The van der Waals surface area contributed by atoms with Gasteiger partial charge in [-0.05, 0) is 31.2 Å². The molecule has 19 heavy (non-hydrogen) atoms. The normalized spacial score (nSPS) is 11.5. The van der Waals surface area contributed by atoms with E-state index < -0.39 is 9.84 Å². The third kappa shape index (κ3) is 3.24. The number of anilines is 1. The Hall–Kier alpha value is -1.60. The summed E-state index contributed by atoms with van der Waals surface area (Å²) in [4.78, 5) is 9.26. The molecule has 0 saturated carbocycles. The molecule has 7 heteroatoms. The van der Waals surface area contributed by atoms with Crippen molar-refractivity contribution in [3.05, 3.63) is 36.2 Å². The van der Waals surface area contributed by atoms with Crippen molar-refractivity contribution in [2.75, 3.05) is 12.0 Å². The molecule has 1 heterocycles. The molecule has 0 unspecified atom stereocenters. The minimum absolute atomic E-state index is 0.302. The van der Waals surface area contributed by atoms with Crippen molar-refractivity contribution in [1.29, 1.82) is 0 Å². The largest absolute Gasteiger partial charge is 0.383 e. The minimum Gasteiger partial charge on any atom is -0.383 e. The highest BCUT2D eigenvalue weighted by molar-refractivity contribution is 7.99. The van der Waals surface area contributed by atoms with Gasteiger partial charge in [0.15, 0.2) is 9.84 Å². The Morgan fingerprint density at radius 2 is 1.79 bits per heavy atom. The van der Waals surface area contributed by atoms with Gasteiger partial charge >= 0.3 is 0 Å². The van der Waals surface area contributed by atoms with Crippen LogP contribution in [0.3, 0.4) is 0 Å². The second-order valence-corrected chi connectivity index (χ2v) is 7.11. The smallest absolute Gasteiger partial charge is 0.175 e. The summed E-state index contributed by atoms with van der Waals surface area (Å²) in [6, 6.07) is 6.66. The number of nitrogen functional groups attached to an aromatic ring is 1. The number of aromatic nitrogens is 2. The molecule has 1 aromatic heterocycles. The predicted octanol–water partition coefficient (Wildman–Crippen LogP) is 1.92. The van der Waals surface area contributed by atoms with Crippen LogP contribution >= 0.6 is 11.8 Å². The Morgan fingerprint density at radius 3 is 2.37 bits per heavy atom. The van der Waals surface area contributed by atoms with Crippen molar-refractivity contribution in [2.24, 2.45) is 0 Å². The lowest BCUT2D eigenvalue weighted by atomic mass is 10.3. The zero-order chi connectivity index (χ0) is 14.0. The highest BCUT2D eigenvalue weighted by Gasteiger charge is 2.09. The topological polar surface area (TPSA) is 85.9 Å². The first-order valence-electron chi connectivity index (χ1n) is 5.43. The maximum Gasteiger partial charge on any atom is 0.175 e. The third-order valence-electron chi connectivity index (χ3n) is 2.54. The molecule has 100 valence electrons. The van der Waals surface area contributed by atoms with Gasteiger partial charge in [-0.15, -0.1) is 0 Å². The van der Waals surface area contributed by atoms with E-state index in [1.807, 2.05) is 6.92 Å². The maximum absolute atomic E-state index is 11.4. The first-order chi connectivity index (χ1) is 8.88. The maximum atomic E-state index is 11.4. The molecule has 0 bridgehead atoms. The van der Waals surface area contributed by atoms with E-state index in [0.29, 0.717) is 10.7 Å². The zero-order valence-corrected chi connectivity index (χ0v) is 12.1. The van der Waals surface area contributed by atoms with Gasteiger partial charge in [-0.1, -0.05) is 11.8 Å². The van der Waals surface area contributed by atoms with Gasteiger partial charge in [-0.3, -0.25) is 0 Å². The second-order valence-electron chi connectivity index (χ2n) is 4.03. The van der Waals surface area contributed by atoms with Crippen LogP contribution in [-0.2, 0) is 9.84 Å². The van der Waals surface area contributed by atoms with Crippen LogP contribution in [0.1, 0.15) is 5.56 Å². The molecular weight excluding hydrogens is 282 g/mol. The monoisotopic (exact) mass is 295 g/mol. The van der Waals surface area contributed by atoms with Crippen molar-refractivity contribution in [3.8, 4) is 0 Å². The molecule has 0 spiro atoms. The van der Waals surface area contributed by atoms with E-state index in [-0.39, 0.29) is 0 Å². The van der Waals surface area contributed by atoms with Gasteiger partial charge in [0.05, 0.1) is 4.90 Å². The van der Waals surface area contributed by atoms with E-state index in [2.05, 4.69) is 9.97 Å². The third-order valence-corrected chi connectivity index (χ3v) is 4.78. The molecule has 2 rings (SSSR count). The summed E-state index contributed by atoms with van der Waals surface area (Å²) < 4.78 is 22.7. The van der Waals surface area contributed by atoms with Gasteiger partial charge in [0.2, 0.25) is 0 Å². The summed E-state index contributed by atoms with van der Waals surface area (Å²) in [7, 11) is -3.16. The lowest BCUT2D eigenvalue weighted by Gasteiger charge is -2.06. The van der Waals surface area contributed by atoms with E-state index in [9.17, 15) is 8.42 Å². The molecule has 0 aliphatic carbocycles. The lowest BCUT2D eigenvalue weighted by Crippen LogP contribution is -1.98. The van der Waals surface area contributed by atoms with Crippen molar-refractivity contribution >= 4 is 27.4 Å². The summed E-state index contributed by atoms with van der Waals surface area (Å²) in [6.45, 7) is 1.85. The van der Waals surface area contributed by atoms with Crippen molar-refractivity contribution in [3.63, 3.8) is 0 Å². The molecule has 0 aliphatic rings. The number of sulfone groups is 1. The van der Waals surface area contributed by atoms with Gasteiger partial charge in [0.1, 0.15) is 17.2 Å². The van der Waals surface area contributed by atoms with Gasteiger partial charge in [-0.2, -0.15) is 0 Å². The molecule has 1 aromatic carbocycles. The van der Waals surface area contributed by atoms with Gasteiger partial charge < -0.3 is 5.73 Å². The summed E-state index contributed by atoms with van der Waals surface area (Å²) >= 11 is 1.42. The molecule has 0 fully saturated rings. The van der Waals surface area contributed by atoms with Crippen LogP contribution < -0.4 is 5.73 Å². The summed E-state index contributed by atoms with van der Waals surface area (Å²) in [5.74, 6) is 0.449. The fourth-order valence-electron chi connectivity index (χ4n) is 1.42. The van der Waals surface area contributed by atoms with Crippen LogP contribution in [0.15, 0.2) is 45.4 Å². The number of nitrogens with zero attached hydrogens (tertiary/aromatic N) is 2. The van der Waals surface area contributed by atoms with E-state index in [4.69, 9.17) is 5.73 Å². The predicted molar refractivity (Wildman–Crippen MR) is 74.9 cm³/mol. The summed E-state index contributed by atoms with van der Waals surface area (Å²) in [5, 5.41) is 0.764. The van der Waals surface area contributed by atoms with Crippen molar-refractivity contribution in [2.45, 2.75) is 21.7 Å². The molecule has 2 N–H and O–H groups in total. The molecule has 0 atom stereocenters. The summed E-state index contributed by atoms with van der Waals surface area (Å²) in [5.41, 5.74) is 6.53. The molecular formula is C12H13N3O2S2. The average molecular weight is 295 g/mol. The number of nitrogens with two attached hydrogens (primary N) is 1. The van der Waals surface area contributed by atoms with Gasteiger partial charge in [0, 0.05) is 16.7 Å². The van der Waals surface area contributed by atoms with E-state index in [0.717, 1.165) is 15.5 Å². The zero-order valence-electron chi connectivity index (χ0n) is 10.5. The van der Waals surface area contributed by atoms with Crippen LogP contribution in [-0.4, -0.2) is 24.6 Å². The van der Waals surface area contributed by atoms with E-state index >= 15 is 0 Å². The lowest BCUT2D eigenvalue weighted by molar-refractivity contribution is 0.602. The minimum atomic E-state index is -3.16. The Labute approximate surface area is 116 Å². The Bertz CT molecular complexity index is 697. The fourth-order valence-corrected chi connectivity index (χ4v) is 2.90. The van der Waals surface area contributed by atoms with Crippen molar-refractivity contribution in [1.82, 2.24) is 9.97 Å². The Balaban J connectivity index is 2.27. The molecule has 0 aliphatic heterocycles. The van der Waals surface area contributed by atoms with Crippen LogP contribution in [0.5, 0.6) is 0 Å². The van der Waals surface area contributed by atoms with Crippen LogP contribution in [0, 0.1) is 6.92 Å². The van der Waals surface area contributed by atoms with Crippen LogP contribution in [0.4, 0.5) is 5.82 Å². The first kappa shape index (κ1) is 13.8.